The van der Waals surface area contributed by atoms with Crippen LogP contribution in [-0.4, -0.2) is 34.7 Å². The van der Waals surface area contributed by atoms with Gasteiger partial charge in [-0.2, -0.15) is 0 Å². The van der Waals surface area contributed by atoms with E-state index in [1.165, 1.54) is 13.8 Å². The van der Waals surface area contributed by atoms with Crippen molar-refractivity contribution >= 4 is 11.9 Å². The molecule has 0 aromatic heterocycles. The van der Waals surface area contributed by atoms with Gasteiger partial charge in [0.1, 0.15) is 5.41 Å². The average Bonchev–Trinajstić information content (AvgIpc) is 2.36. The minimum atomic E-state index is -1.40. The van der Waals surface area contributed by atoms with E-state index in [4.69, 9.17) is 5.11 Å². The molecular weight excluding hydrogens is 234 g/mol. The largest absolute Gasteiger partial charge is 0.481 e. The van der Waals surface area contributed by atoms with E-state index in [2.05, 4.69) is 5.32 Å². The molecule has 1 rings (SSSR count). The van der Waals surface area contributed by atoms with Gasteiger partial charge in [0.2, 0.25) is 0 Å². The molecule has 3 N–H and O–H groups in total. The molecule has 0 saturated heterocycles. The van der Waals surface area contributed by atoms with Crippen LogP contribution in [0.5, 0.6) is 0 Å². The summed E-state index contributed by atoms with van der Waals surface area (Å²) in [4.78, 5) is 22.9. The Morgan fingerprint density at radius 2 is 1.89 bits per heavy atom. The second-order valence-electron chi connectivity index (χ2n) is 4.45. The molecule has 0 spiro atoms. The van der Waals surface area contributed by atoms with Gasteiger partial charge in [-0.3, -0.25) is 9.59 Å². The third kappa shape index (κ3) is 3.07. The Kier molecular flexibility index (Phi) is 4.44. The van der Waals surface area contributed by atoms with Crippen molar-refractivity contribution in [2.45, 2.75) is 20.0 Å². The first-order valence-corrected chi connectivity index (χ1v) is 5.62. The van der Waals surface area contributed by atoms with Crippen molar-refractivity contribution in [1.29, 1.82) is 0 Å². The summed E-state index contributed by atoms with van der Waals surface area (Å²) in [5.41, 5.74) is -0.944. The Morgan fingerprint density at radius 3 is 2.33 bits per heavy atom. The van der Waals surface area contributed by atoms with E-state index >= 15 is 0 Å². The summed E-state index contributed by atoms with van der Waals surface area (Å²) in [6.45, 7) is 2.65. The molecule has 2 atom stereocenters. The number of aliphatic hydroxyl groups excluding tert-OH is 1. The molecule has 2 unspecified atom stereocenters. The van der Waals surface area contributed by atoms with Gasteiger partial charge in [0, 0.05) is 12.1 Å². The van der Waals surface area contributed by atoms with E-state index < -0.39 is 17.5 Å². The standard InChI is InChI=1S/C13H17NO4/c1-9(15)13(2,12(17)18)8-14-11(16)10-6-4-3-5-7-10/h3-7,9,15H,8H2,1-2H3,(H,14,16)(H,17,18). The summed E-state index contributed by atoms with van der Waals surface area (Å²) in [6, 6.07) is 8.50. The lowest BCUT2D eigenvalue weighted by Gasteiger charge is -2.27. The van der Waals surface area contributed by atoms with Gasteiger partial charge < -0.3 is 15.5 Å². The number of aliphatic hydroxyl groups is 1. The predicted molar refractivity (Wildman–Crippen MR) is 66.2 cm³/mol. The number of carbonyl (C=O) groups is 2. The first-order chi connectivity index (χ1) is 8.38. The van der Waals surface area contributed by atoms with Gasteiger partial charge in [-0.1, -0.05) is 18.2 Å². The van der Waals surface area contributed by atoms with Gasteiger partial charge in [0.05, 0.1) is 6.10 Å². The number of benzene rings is 1. The molecule has 0 fully saturated rings. The fourth-order valence-electron chi connectivity index (χ4n) is 1.36. The molecule has 0 saturated carbocycles. The number of aliphatic carboxylic acids is 1. The zero-order valence-corrected chi connectivity index (χ0v) is 10.4. The maximum absolute atomic E-state index is 11.8. The molecular formula is C13H17NO4. The summed E-state index contributed by atoms with van der Waals surface area (Å²) in [7, 11) is 0. The van der Waals surface area contributed by atoms with Gasteiger partial charge in [-0.15, -0.1) is 0 Å². The van der Waals surface area contributed by atoms with Crippen molar-refractivity contribution < 1.29 is 19.8 Å². The molecule has 18 heavy (non-hydrogen) atoms. The van der Waals surface area contributed by atoms with Gasteiger partial charge in [-0.05, 0) is 26.0 Å². The van der Waals surface area contributed by atoms with Crippen molar-refractivity contribution in [3.05, 3.63) is 35.9 Å². The van der Waals surface area contributed by atoms with E-state index in [9.17, 15) is 14.7 Å². The highest BCUT2D eigenvalue weighted by atomic mass is 16.4. The van der Waals surface area contributed by atoms with E-state index in [0.29, 0.717) is 5.56 Å². The topological polar surface area (TPSA) is 86.6 Å². The molecule has 1 aromatic rings. The molecule has 5 nitrogen and oxygen atoms in total. The van der Waals surface area contributed by atoms with Crippen LogP contribution in [0.25, 0.3) is 0 Å². The van der Waals surface area contributed by atoms with Crippen LogP contribution in [0, 0.1) is 5.41 Å². The summed E-state index contributed by atoms with van der Waals surface area (Å²) in [6.07, 6.45) is -1.06. The minimum absolute atomic E-state index is 0.131. The van der Waals surface area contributed by atoms with E-state index in [1.54, 1.807) is 30.3 Å². The normalized spacial score (nSPS) is 15.5. The van der Waals surface area contributed by atoms with Crippen LogP contribution < -0.4 is 5.32 Å². The van der Waals surface area contributed by atoms with Crippen LogP contribution in [0.4, 0.5) is 0 Å². The molecule has 0 radical (unpaired) electrons. The Labute approximate surface area is 105 Å². The summed E-state index contributed by atoms with van der Waals surface area (Å²) < 4.78 is 0. The second-order valence-corrected chi connectivity index (χ2v) is 4.45. The lowest BCUT2D eigenvalue weighted by Crippen LogP contribution is -2.47. The average molecular weight is 251 g/mol. The van der Waals surface area contributed by atoms with Gasteiger partial charge in [-0.25, -0.2) is 0 Å². The minimum Gasteiger partial charge on any atom is -0.481 e. The van der Waals surface area contributed by atoms with Crippen molar-refractivity contribution in [2.75, 3.05) is 6.54 Å². The van der Waals surface area contributed by atoms with Gasteiger partial charge in [0.15, 0.2) is 0 Å². The lowest BCUT2D eigenvalue weighted by atomic mass is 9.85. The van der Waals surface area contributed by atoms with Crippen molar-refractivity contribution in [3.8, 4) is 0 Å². The van der Waals surface area contributed by atoms with E-state index in [1.807, 2.05) is 0 Å². The molecule has 0 aliphatic carbocycles. The van der Waals surface area contributed by atoms with Gasteiger partial charge >= 0.3 is 5.97 Å². The number of hydrogen-bond acceptors (Lipinski definition) is 3. The number of amides is 1. The summed E-state index contributed by atoms with van der Waals surface area (Å²) in [5, 5.41) is 21.1. The number of rotatable bonds is 5. The fraction of sp³-hybridized carbons (Fsp3) is 0.385. The summed E-state index contributed by atoms with van der Waals surface area (Å²) in [5.74, 6) is -1.51. The van der Waals surface area contributed by atoms with Crippen LogP contribution >= 0.6 is 0 Å². The Bertz CT molecular complexity index is 430. The molecule has 98 valence electrons. The predicted octanol–water partition coefficient (Wildman–Crippen LogP) is 0.888. The first-order valence-electron chi connectivity index (χ1n) is 5.62. The fourth-order valence-corrected chi connectivity index (χ4v) is 1.36. The van der Waals surface area contributed by atoms with Gasteiger partial charge in [0.25, 0.3) is 5.91 Å². The third-order valence-corrected chi connectivity index (χ3v) is 3.06. The highest BCUT2D eigenvalue weighted by Gasteiger charge is 2.38. The zero-order chi connectivity index (χ0) is 13.8. The molecule has 1 amide bonds. The SMILES string of the molecule is CC(O)C(C)(CNC(=O)c1ccccc1)C(=O)O. The maximum Gasteiger partial charge on any atom is 0.313 e. The number of carbonyl (C=O) groups excluding carboxylic acids is 1. The second kappa shape index (κ2) is 5.64. The van der Waals surface area contributed by atoms with Crippen molar-refractivity contribution in [3.63, 3.8) is 0 Å². The zero-order valence-electron chi connectivity index (χ0n) is 10.4. The number of carboxylic acids is 1. The van der Waals surface area contributed by atoms with Crippen LogP contribution in [0.2, 0.25) is 0 Å². The van der Waals surface area contributed by atoms with Crippen LogP contribution in [-0.2, 0) is 4.79 Å². The third-order valence-electron chi connectivity index (χ3n) is 3.06. The number of carboxylic acid groups (broad SMARTS) is 1. The molecule has 0 aliphatic heterocycles. The quantitative estimate of drug-likeness (QED) is 0.725. The van der Waals surface area contributed by atoms with Crippen LogP contribution in [0.15, 0.2) is 30.3 Å². The highest BCUT2D eigenvalue weighted by Crippen LogP contribution is 2.20. The van der Waals surface area contributed by atoms with E-state index in [-0.39, 0.29) is 12.5 Å². The smallest absolute Gasteiger partial charge is 0.313 e. The lowest BCUT2D eigenvalue weighted by molar-refractivity contribution is -0.153. The van der Waals surface area contributed by atoms with Crippen molar-refractivity contribution in [2.24, 2.45) is 5.41 Å². The van der Waals surface area contributed by atoms with E-state index in [0.717, 1.165) is 0 Å². The van der Waals surface area contributed by atoms with Crippen LogP contribution in [0.3, 0.4) is 0 Å². The summed E-state index contributed by atoms with van der Waals surface area (Å²) >= 11 is 0. The Balaban J connectivity index is 2.70. The monoisotopic (exact) mass is 251 g/mol. The molecule has 0 heterocycles. The van der Waals surface area contributed by atoms with Crippen molar-refractivity contribution in [1.82, 2.24) is 5.32 Å². The molecule has 0 bridgehead atoms. The Hall–Kier alpha value is -1.88. The number of nitrogens with one attached hydrogen (secondary N) is 1. The first kappa shape index (κ1) is 14.2. The maximum atomic E-state index is 11.8. The highest BCUT2D eigenvalue weighted by molar-refractivity contribution is 5.94. The molecule has 1 aromatic carbocycles. The molecule has 0 aliphatic rings. The Morgan fingerprint density at radius 1 is 1.33 bits per heavy atom. The van der Waals surface area contributed by atoms with Crippen LogP contribution in [0.1, 0.15) is 24.2 Å². The molecule has 5 heteroatoms. The number of hydrogen-bond donors (Lipinski definition) is 3.